The Morgan fingerprint density at radius 1 is 1.54 bits per heavy atom. The summed E-state index contributed by atoms with van der Waals surface area (Å²) in [6.45, 7) is 1.17. The second-order valence-electron chi connectivity index (χ2n) is 3.15. The first-order valence-corrected chi connectivity index (χ1v) is 5.56. The van der Waals surface area contributed by atoms with Crippen molar-refractivity contribution in [1.82, 2.24) is 15.3 Å². The zero-order valence-electron chi connectivity index (χ0n) is 7.44. The van der Waals surface area contributed by atoms with Crippen LogP contribution in [0.4, 0.5) is 0 Å². The molecule has 3 nitrogen and oxygen atoms in total. The van der Waals surface area contributed by atoms with Crippen molar-refractivity contribution in [2.45, 2.75) is 23.9 Å². The van der Waals surface area contributed by atoms with Gasteiger partial charge in [-0.25, -0.2) is 4.98 Å². The summed E-state index contributed by atoms with van der Waals surface area (Å²) in [7, 11) is 0. The lowest BCUT2D eigenvalue weighted by atomic mass is 10.3. The number of aromatic nitrogens is 2. The van der Waals surface area contributed by atoms with Crippen LogP contribution in [0, 0.1) is 0 Å². The van der Waals surface area contributed by atoms with Crippen molar-refractivity contribution < 1.29 is 0 Å². The molecule has 4 heteroatoms. The predicted octanol–water partition coefficient (Wildman–Crippen LogP) is 1.32. The molecule has 2 rings (SSSR count). The van der Waals surface area contributed by atoms with Crippen molar-refractivity contribution in [2.75, 3.05) is 12.3 Å². The summed E-state index contributed by atoms with van der Waals surface area (Å²) < 4.78 is 0. The Morgan fingerprint density at radius 2 is 2.54 bits per heavy atom. The van der Waals surface area contributed by atoms with Crippen molar-refractivity contribution >= 4 is 11.8 Å². The van der Waals surface area contributed by atoms with Crippen LogP contribution in [0.5, 0.6) is 0 Å². The van der Waals surface area contributed by atoms with Gasteiger partial charge in [-0.05, 0) is 19.4 Å². The molecule has 0 unspecified atom stereocenters. The van der Waals surface area contributed by atoms with Gasteiger partial charge in [0.25, 0.3) is 0 Å². The van der Waals surface area contributed by atoms with Gasteiger partial charge in [-0.2, -0.15) is 0 Å². The minimum absolute atomic E-state index is 0.673. The van der Waals surface area contributed by atoms with Gasteiger partial charge >= 0.3 is 0 Å². The van der Waals surface area contributed by atoms with Crippen LogP contribution in [0.25, 0.3) is 0 Å². The fourth-order valence-corrected chi connectivity index (χ4v) is 2.37. The van der Waals surface area contributed by atoms with E-state index in [-0.39, 0.29) is 0 Å². The lowest BCUT2D eigenvalue weighted by Gasteiger charge is -2.07. The van der Waals surface area contributed by atoms with Crippen LogP contribution in [-0.4, -0.2) is 28.3 Å². The van der Waals surface area contributed by atoms with Gasteiger partial charge in [0.2, 0.25) is 0 Å². The molecular weight excluding hydrogens is 182 g/mol. The van der Waals surface area contributed by atoms with Crippen LogP contribution >= 0.6 is 11.8 Å². The van der Waals surface area contributed by atoms with E-state index in [0.29, 0.717) is 6.04 Å². The summed E-state index contributed by atoms with van der Waals surface area (Å²) in [5.41, 5.74) is 0. The minimum atomic E-state index is 0.673. The van der Waals surface area contributed by atoms with E-state index in [1.54, 1.807) is 24.2 Å². The number of rotatable bonds is 3. The molecule has 2 heterocycles. The van der Waals surface area contributed by atoms with Gasteiger partial charge in [0.15, 0.2) is 0 Å². The Labute approximate surface area is 82.4 Å². The fourth-order valence-electron chi connectivity index (χ4n) is 1.44. The van der Waals surface area contributed by atoms with E-state index in [9.17, 15) is 0 Å². The molecule has 0 saturated carbocycles. The van der Waals surface area contributed by atoms with Crippen molar-refractivity contribution in [2.24, 2.45) is 0 Å². The third-order valence-corrected chi connectivity index (χ3v) is 3.21. The molecular formula is C9H13N3S. The molecule has 0 bridgehead atoms. The standard InChI is InChI=1S/C9H13N3S/c1-2-8(11-3-1)7-13-9-6-10-4-5-12-9/h4-6,8,11H,1-3,7H2/t8-/m0/s1. The maximum absolute atomic E-state index is 4.21. The van der Waals surface area contributed by atoms with Crippen molar-refractivity contribution in [3.8, 4) is 0 Å². The first-order chi connectivity index (χ1) is 6.45. The molecule has 1 aromatic rings. The van der Waals surface area contributed by atoms with E-state index in [1.807, 2.05) is 6.20 Å². The van der Waals surface area contributed by atoms with E-state index < -0.39 is 0 Å². The second-order valence-corrected chi connectivity index (χ2v) is 4.19. The Balaban J connectivity index is 1.79. The van der Waals surface area contributed by atoms with Crippen LogP contribution in [0.1, 0.15) is 12.8 Å². The molecule has 70 valence electrons. The monoisotopic (exact) mass is 195 g/mol. The van der Waals surface area contributed by atoms with Crippen LogP contribution < -0.4 is 5.32 Å². The molecule has 0 radical (unpaired) electrons. The highest BCUT2D eigenvalue weighted by atomic mass is 32.2. The zero-order chi connectivity index (χ0) is 8.93. The molecule has 1 aliphatic heterocycles. The van der Waals surface area contributed by atoms with Crippen LogP contribution in [0.2, 0.25) is 0 Å². The maximum atomic E-state index is 4.21. The Bertz CT molecular complexity index is 246. The predicted molar refractivity (Wildman–Crippen MR) is 53.8 cm³/mol. The van der Waals surface area contributed by atoms with Crippen LogP contribution in [0.3, 0.4) is 0 Å². The third kappa shape index (κ3) is 2.67. The topological polar surface area (TPSA) is 37.8 Å². The van der Waals surface area contributed by atoms with E-state index >= 15 is 0 Å². The van der Waals surface area contributed by atoms with Gasteiger partial charge in [-0.1, -0.05) is 0 Å². The molecule has 1 saturated heterocycles. The average Bonchev–Trinajstić information content (AvgIpc) is 2.69. The molecule has 1 N–H and O–H groups in total. The van der Waals surface area contributed by atoms with Gasteiger partial charge in [0, 0.05) is 24.2 Å². The highest BCUT2D eigenvalue weighted by molar-refractivity contribution is 7.99. The fraction of sp³-hybridized carbons (Fsp3) is 0.556. The van der Waals surface area contributed by atoms with Gasteiger partial charge in [0.1, 0.15) is 5.03 Å². The number of nitrogens with one attached hydrogen (secondary N) is 1. The zero-order valence-corrected chi connectivity index (χ0v) is 8.26. The summed E-state index contributed by atoms with van der Waals surface area (Å²) in [6, 6.07) is 0.673. The summed E-state index contributed by atoms with van der Waals surface area (Å²) in [6.07, 6.45) is 7.88. The SMILES string of the molecule is c1cnc(SC[C@@H]2CCCN2)cn1. The van der Waals surface area contributed by atoms with Crippen LogP contribution in [0.15, 0.2) is 23.6 Å². The van der Waals surface area contributed by atoms with Crippen molar-refractivity contribution in [3.05, 3.63) is 18.6 Å². The van der Waals surface area contributed by atoms with E-state index in [4.69, 9.17) is 0 Å². The smallest absolute Gasteiger partial charge is 0.114 e. The number of nitrogens with zero attached hydrogens (tertiary/aromatic N) is 2. The molecule has 1 atom stereocenters. The molecule has 0 aliphatic carbocycles. The Hall–Kier alpha value is -0.610. The molecule has 0 amide bonds. The lowest BCUT2D eigenvalue weighted by Crippen LogP contribution is -2.23. The molecule has 13 heavy (non-hydrogen) atoms. The quantitative estimate of drug-likeness (QED) is 0.738. The Kier molecular flexibility index (Phi) is 3.16. The normalized spacial score (nSPS) is 22.0. The van der Waals surface area contributed by atoms with Crippen molar-refractivity contribution in [3.63, 3.8) is 0 Å². The van der Waals surface area contributed by atoms with Crippen LogP contribution in [-0.2, 0) is 0 Å². The molecule has 0 spiro atoms. The van der Waals surface area contributed by atoms with E-state index in [0.717, 1.165) is 10.8 Å². The lowest BCUT2D eigenvalue weighted by molar-refractivity contribution is 0.673. The van der Waals surface area contributed by atoms with Gasteiger partial charge in [0.05, 0.1) is 6.20 Å². The van der Waals surface area contributed by atoms with Crippen molar-refractivity contribution in [1.29, 1.82) is 0 Å². The van der Waals surface area contributed by atoms with Gasteiger partial charge in [-0.15, -0.1) is 11.8 Å². The summed E-state index contributed by atoms with van der Waals surface area (Å²) in [4.78, 5) is 8.24. The summed E-state index contributed by atoms with van der Waals surface area (Å²) in [5.74, 6) is 1.11. The average molecular weight is 195 g/mol. The summed E-state index contributed by atoms with van der Waals surface area (Å²) in [5, 5.41) is 4.48. The second kappa shape index (κ2) is 4.58. The molecule has 1 fully saturated rings. The maximum Gasteiger partial charge on any atom is 0.114 e. The number of hydrogen-bond acceptors (Lipinski definition) is 4. The summed E-state index contributed by atoms with van der Waals surface area (Å²) >= 11 is 1.78. The molecule has 0 aromatic carbocycles. The largest absolute Gasteiger partial charge is 0.313 e. The highest BCUT2D eigenvalue weighted by Crippen LogP contribution is 2.17. The highest BCUT2D eigenvalue weighted by Gasteiger charge is 2.13. The van der Waals surface area contributed by atoms with E-state index in [1.165, 1.54) is 19.4 Å². The first-order valence-electron chi connectivity index (χ1n) is 4.57. The Morgan fingerprint density at radius 3 is 3.23 bits per heavy atom. The first kappa shape index (κ1) is 8.97. The van der Waals surface area contributed by atoms with E-state index in [2.05, 4.69) is 15.3 Å². The van der Waals surface area contributed by atoms with Gasteiger partial charge < -0.3 is 5.32 Å². The van der Waals surface area contributed by atoms with Gasteiger partial charge in [-0.3, -0.25) is 4.98 Å². The molecule has 1 aliphatic rings. The minimum Gasteiger partial charge on any atom is -0.313 e. The molecule has 1 aromatic heterocycles. The number of hydrogen-bond donors (Lipinski definition) is 1. The third-order valence-electron chi connectivity index (χ3n) is 2.13. The number of thioether (sulfide) groups is 1.